The molecule has 0 radical (unpaired) electrons. The molecule has 6 nitrogen and oxygen atoms in total. The van der Waals surface area contributed by atoms with Gasteiger partial charge in [-0.1, -0.05) is 36.4 Å². The van der Waals surface area contributed by atoms with Gasteiger partial charge in [0.2, 0.25) is 0 Å². The summed E-state index contributed by atoms with van der Waals surface area (Å²) in [6.07, 6.45) is 2.91. The van der Waals surface area contributed by atoms with E-state index in [4.69, 9.17) is 24.4 Å². The van der Waals surface area contributed by atoms with Crippen molar-refractivity contribution in [2.24, 2.45) is 10.2 Å². The first-order chi connectivity index (χ1) is 11.7. The Morgan fingerprint density at radius 2 is 1.04 bits per heavy atom. The van der Waals surface area contributed by atoms with Crippen molar-refractivity contribution >= 4 is 58.5 Å². The van der Waals surface area contributed by atoms with E-state index in [0.717, 1.165) is 11.4 Å². The second-order valence-corrected chi connectivity index (χ2v) is 5.24. The molecule has 0 saturated heterocycles. The highest BCUT2D eigenvalue weighted by molar-refractivity contribution is 7.80. The molecule has 2 aromatic rings. The van der Waals surface area contributed by atoms with Crippen LogP contribution < -0.4 is 21.5 Å². The maximum absolute atomic E-state index is 5.10. The van der Waals surface area contributed by atoms with Crippen LogP contribution in [0.2, 0.25) is 0 Å². The molecule has 0 aromatic heterocycles. The molecule has 122 valence electrons. The highest BCUT2D eigenvalue weighted by atomic mass is 32.1. The lowest BCUT2D eigenvalue weighted by Crippen LogP contribution is -2.24. The third-order valence-corrected chi connectivity index (χ3v) is 3.00. The summed E-state index contributed by atoms with van der Waals surface area (Å²) in [5, 5.41) is 14.6. The molecule has 0 saturated carbocycles. The number of thiocarbonyl (C=S) groups is 2. The Morgan fingerprint density at radius 3 is 1.42 bits per heavy atom. The first-order valence-electron chi connectivity index (χ1n) is 7.03. The molecule has 4 N–H and O–H groups in total. The maximum Gasteiger partial charge on any atom is 0.191 e. The number of para-hydroxylation sites is 2. The van der Waals surface area contributed by atoms with Gasteiger partial charge < -0.3 is 10.6 Å². The lowest BCUT2D eigenvalue weighted by Gasteiger charge is -2.06. The molecule has 0 atom stereocenters. The van der Waals surface area contributed by atoms with Crippen LogP contribution in [0.1, 0.15) is 0 Å². The first-order valence-corrected chi connectivity index (χ1v) is 7.84. The smallest absolute Gasteiger partial charge is 0.191 e. The number of rotatable bonds is 5. The van der Waals surface area contributed by atoms with Crippen LogP contribution in [0.15, 0.2) is 70.9 Å². The van der Waals surface area contributed by atoms with E-state index in [1.165, 1.54) is 12.4 Å². The zero-order valence-corrected chi connectivity index (χ0v) is 14.3. The average molecular weight is 356 g/mol. The number of benzene rings is 2. The number of nitrogens with zero attached hydrogens (tertiary/aromatic N) is 2. The van der Waals surface area contributed by atoms with Gasteiger partial charge in [0.25, 0.3) is 0 Å². The van der Waals surface area contributed by atoms with Gasteiger partial charge in [-0.15, -0.1) is 0 Å². The molecule has 0 aliphatic carbocycles. The molecule has 0 amide bonds. The molecule has 2 aromatic carbocycles. The largest absolute Gasteiger partial charge is 0.331 e. The van der Waals surface area contributed by atoms with E-state index in [-0.39, 0.29) is 0 Å². The second-order valence-electron chi connectivity index (χ2n) is 4.42. The standard InChI is InChI=1S/C16H16N6S2/c23-15(19-13-7-3-1-4-8-13)21-17-11-12-18-22-16(24)20-14-9-5-2-6-10-14/h1-12H,(H2,19,21,23)(H2,20,22,24)/b17-11-,18-12-. The number of hydrazone groups is 2. The summed E-state index contributed by atoms with van der Waals surface area (Å²) < 4.78 is 0. The van der Waals surface area contributed by atoms with Crippen molar-refractivity contribution in [2.75, 3.05) is 10.6 Å². The summed E-state index contributed by atoms with van der Waals surface area (Å²) in [6, 6.07) is 19.2. The normalized spacial score (nSPS) is 10.5. The van der Waals surface area contributed by atoms with Gasteiger partial charge in [-0.2, -0.15) is 10.2 Å². The van der Waals surface area contributed by atoms with E-state index in [2.05, 4.69) is 31.7 Å². The zero-order chi connectivity index (χ0) is 17.0. The molecule has 0 spiro atoms. The minimum Gasteiger partial charge on any atom is -0.331 e. The van der Waals surface area contributed by atoms with Crippen molar-refractivity contribution in [2.45, 2.75) is 0 Å². The molecule has 24 heavy (non-hydrogen) atoms. The Morgan fingerprint density at radius 1 is 0.667 bits per heavy atom. The second kappa shape index (κ2) is 10.0. The van der Waals surface area contributed by atoms with Crippen LogP contribution in [-0.2, 0) is 0 Å². The SMILES string of the molecule is S=C(N/N=C\C=N/NC(=S)Nc1ccccc1)Nc1ccccc1. The summed E-state index contributed by atoms with van der Waals surface area (Å²) >= 11 is 10.2. The third-order valence-electron chi connectivity index (χ3n) is 2.61. The first kappa shape index (κ1) is 17.5. The lowest BCUT2D eigenvalue weighted by atomic mass is 10.3. The molecule has 0 unspecified atom stereocenters. The highest BCUT2D eigenvalue weighted by Crippen LogP contribution is 2.04. The summed E-state index contributed by atoms with van der Waals surface area (Å²) in [7, 11) is 0. The van der Waals surface area contributed by atoms with Gasteiger partial charge in [-0.3, -0.25) is 10.9 Å². The van der Waals surface area contributed by atoms with Gasteiger partial charge in [-0.25, -0.2) is 0 Å². The van der Waals surface area contributed by atoms with Crippen molar-refractivity contribution in [1.82, 2.24) is 10.9 Å². The molecule has 2 rings (SSSR count). The maximum atomic E-state index is 5.10. The van der Waals surface area contributed by atoms with Crippen molar-refractivity contribution in [1.29, 1.82) is 0 Å². The predicted molar refractivity (Wildman–Crippen MR) is 109 cm³/mol. The molecular weight excluding hydrogens is 340 g/mol. The zero-order valence-electron chi connectivity index (χ0n) is 12.6. The van der Waals surface area contributed by atoms with E-state index in [0.29, 0.717) is 10.2 Å². The van der Waals surface area contributed by atoms with Gasteiger partial charge in [0.15, 0.2) is 10.2 Å². The molecule has 0 fully saturated rings. The third kappa shape index (κ3) is 6.95. The highest BCUT2D eigenvalue weighted by Gasteiger charge is 1.94. The average Bonchev–Trinajstić information content (AvgIpc) is 2.60. The lowest BCUT2D eigenvalue weighted by molar-refractivity contribution is 1.04. The van der Waals surface area contributed by atoms with E-state index < -0.39 is 0 Å². The minimum absolute atomic E-state index is 0.389. The van der Waals surface area contributed by atoms with Crippen LogP contribution in [0.4, 0.5) is 11.4 Å². The number of hydrogen-bond donors (Lipinski definition) is 4. The van der Waals surface area contributed by atoms with Gasteiger partial charge in [0.05, 0.1) is 12.4 Å². The van der Waals surface area contributed by atoms with Crippen molar-refractivity contribution in [3.8, 4) is 0 Å². The number of nitrogens with one attached hydrogen (secondary N) is 4. The van der Waals surface area contributed by atoms with Crippen molar-refractivity contribution in [3.05, 3.63) is 60.7 Å². The molecule has 0 aliphatic heterocycles. The Balaban J connectivity index is 1.65. The predicted octanol–water partition coefficient (Wildman–Crippen LogP) is 2.93. The molecule has 0 bridgehead atoms. The summed E-state index contributed by atoms with van der Waals surface area (Å²) in [5.74, 6) is 0. The van der Waals surface area contributed by atoms with Crippen LogP contribution in [0.25, 0.3) is 0 Å². The molecule has 8 heteroatoms. The summed E-state index contributed by atoms with van der Waals surface area (Å²) in [4.78, 5) is 0. The molecule has 0 aliphatic rings. The molecule has 0 heterocycles. The summed E-state index contributed by atoms with van der Waals surface area (Å²) in [5.41, 5.74) is 7.14. The van der Waals surface area contributed by atoms with Crippen molar-refractivity contribution in [3.63, 3.8) is 0 Å². The Bertz CT molecular complexity index is 652. The number of anilines is 2. The van der Waals surface area contributed by atoms with Crippen molar-refractivity contribution < 1.29 is 0 Å². The van der Waals surface area contributed by atoms with E-state index in [1.54, 1.807) is 0 Å². The molecular formula is C16H16N6S2. The van der Waals surface area contributed by atoms with Gasteiger partial charge >= 0.3 is 0 Å². The van der Waals surface area contributed by atoms with E-state index in [9.17, 15) is 0 Å². The minimum atomic E-state index is 0.389. The Hall–Kier alpha value is -2.84. The summed E-state index contributed by atoms with van der Waals surface area (Å²) in [6.45, 7) is 0. The van der Waals surface area contributed by atoms with Crippen LogP contribution in [0.5, 0.6) is 0 Å². The Kier molecular flexibility index (Phi) is 7.32. The van der Waals surface area contributed by atoms with Crippen LogP contribution in [0, 0.1) is 0 Å². The fourth-order valence-electron chi connectivity index (χ4n) is 1.62. The van der Waals surface area contributed by atoms with E-state index >= 15 is 0 Å². The van der Waals surface area contributed by atoms with Crippen LogP contribution >= 0.6 is 24.4 Å². The van der Waals surface area contributed by atoms with Crippen LogP contribution in [0.3, 0.4) is 0 Å². The monoisotopic (exact) mass is 356 g/mol. The number of hydrogen-bond acceptors (Lipinski definition) is 4. The van der Waals surface area contributed by atoms with Gasteiger partial charge in [0, 0.05) is 11.4 Å². The fraction of sp³-hybridized carbons (Fsp3) is 0. The quantitative estimate of drug-likeness (QED) is 0.375. The topological polar surface area (TPSA) is 72.8 Å². The van der Waals surface area contributed by atoms with Gasteiger partial charge in [-0.05, 0) is 48.7 Å². The van der Waals surface area contributed by atoms with E-state index in [1.807, 2.05) is 60.7 Å². The van der Waals surface area contributed by atoms with Crippen LogP contribution in [-0.4, -0.2) is 22.7 Å². The van der Waals surface area contributed by atoms with Gasteiger partial charge in [0.1, 0.15) is 0 Å². The Labute approximate surface area is 151 Å². The fourth-order valence-corrected chi connectivity index (χ4v) is 1.96.